The first-order valence-corrected chi connectivity index (χ1v) is 14.4. The zero-order chi connectivity index (χ0) is 26.9. The Morgan fingerprint density at radius 2 is 1.89 bits per heavy atom. The van der Waals surface area contributed by atoms with Crippen LogP contribution in [0.2, 0.25) is 5.02 Å². The number of sulfonamides is 1. The fourth-order valence-corrected chi connectivity index (χ4v) is 6.29. The maximum Gasteiger partial charge on any atom is 0.243 e. The number of H-pyrrole nitrogens is 1. The van der Waals surface area contributed by atoms with Crippen LogP contribution in [0.1, 0.15) is 19.0 Å². The molecule has 2 fully saturated rings. The highest BCUT2D eigenvalue weighted by Gasteiger charge is 2.33. The molecule has 0 aliphatic carbocycles. The second-order valence-corrected chi connectivity index (χ2v) is 11.8. The van der Waals surface area contributed by atoms with Crippen LogP contribution in [-0.2, 0) is 10.0 Å². The van der Waals surface area contributed by atoms with Gasteiger partial charge in [0.1, 0.15) is 17.5 Å². The molecule has 204 valence electrons. The third-order valence-electron chi connectivity index (χ3n) is 6.83. The molecule has 3 N–H and O–H groups in total. The van der Waals surface area contributed by atoms with Gasteiger partial charge in [-0.05, 0) is 38.1 Å². The monoisotopic (exact) mass is 563 g/mol. The number of nitrogens with zero attached hydrogens (tertiary/aromatic N) is 6. The molecule has 5 rings (SSSR count). The van der Waals surface area contributed by atoms with Crippen molar-refractivity contribution in [2.45, 2.75) is 31.2 Å². The Bertz CT molecular complexity index is 1400. The molecular weight excluding hydrogens is 533 g/mol. The summed E-state index contributed by atoms with van der Waals surface area (Å²) >= 11 is 5.73. The molecule has 2 aromatic heterocycles. The number of piperazine rings is 1. The van der Waals surface area contributed by atoms with Gasteiger partial charge in [-0.3, -0.25) is 5.10 Å². The summed E-state index contributed by atoms with van der Waals surface area (Å²) in [5.74, 6) is 1.64. The van der Waals surface area contributed by atoms with E-state index in [-0.39, 0.29) is 22.5 Å². The minimum Gasteiger partial charge on any atom is -0.354 e. The van der Waals surface area contributed by atoms with Gasteiger partial charge in [-0.2, -0.15) is 19.4 Å². The number of anilines is 4. The van der Waals surface area contributed by atoms with Gasteiger partial charge < -0.3 is 20.4 Å². The van der Waals surface area contributed by atoms with Gasteiger partial charge in [0.15, 0.2) is 5.82 Å². The first-order chi connectivity index (χ1) is 18.2. The molecule has 2 saturated heterocycles. The fourth-order valence-electron chi connectivity index (χ4n) is 4.66. The largest absolute Gasteiger partial charge is 0.354 e. The molecule has 2 aliphatic heterocycles. The summed E-state index contributed by atoms with van der Waals surface area (Å²) in [5, 5.41) is 13.6. The molecule has 4 heterocycles. The van der Waals surface area contributed by atoms with Crippen molar-refractivity contribution in [2.24, 2.45) is 0 Å². The van der Waals surface area contributed by atoms with Crippen LogP contribution in [0.5, 0.6) is 0 Å². The zero-order valence-corrected chi connectivity index (χ0v) is 22.9. The molecule has 1 atom stereocenters. The molecule has 2 aliphatic rings. The van der Waals surface area contributed by atoms with Crippen molar-refractivity contribution >= 4 is 45.0 Å². The summed E-state index contributed by atoms with van der Waals surface area (Å²) in [6, 6.07) is 7.10. The maximum atomic E-state index is 13.9. The first kappa shape index (κ1) is 26.6. The normalized spacial score (nSPS) is 19.2. The summed E-state index contributed by atoms with van der Waals surface area (Å²) < 4.78 is 41.5. The summed E-state index contributed by atoms with van der Waals surface area (Å²) in [6.45, 7) is 9.18. The average Bonchev–Trinajstić information content (AvgIpc) is 3.54. The number of hydrogen-bond acceptors (Lipinski definition) is 9. The predicted molar refractivity (Wildman–Crippen MR) is 145 cm³/mol. The smallest absolute Gasteiger partial charge is 0.243 e. The minimum atomic E-state index is -3.87. The van der Waals surface area contributed by atoms with E-state index in [4.69, 9.17) is 16.6 Å². The lowest BCUT2D eigenvalue weighted by atomic mass is 10.3. The Hall–Kier alpha value is -3.00. The molecule has 38 heavy (non-hydrogen) atoms. The van der Waals surface area contributed by atoms with Crippen LogP contribution in [0.3, 0.4) is 0 Å². The van der Waals surface area contributed by atoms with E-state index in [1.165, 1.54) is 16.4 Å². The highest BCUT2D eigenvalue weighted by Crippen LogP contribution is 2.27. The Balaban J connectivity index is 1.34. The second kappa shape index (κ2) is 11.0. The summed E-state index contributed by atoms with van der Waals surface area (Å²) in [5.41, 5.74) is 0.920. The van der Waals surface area contributed by atoms with E-state index in [9.17, 15) is 12.8 Å². The van der Waals surface area contributed by atoms with Crippen molar-refractivity contribution in [3.63, 3.8) is 0 Å². The summed E-state index contributed by atoms with van der Waals surface area (Å²) in [7, 11) is -3.87. The molecule has 14 heteroatoms. The highest BCUT2D eigenvalue weighted by atomic mass is 35.5. The number of benzene rings is 1. The third kappa shape index (κ3) is 5.85. The number of aromatic nitrogens is 4. The van der Waals surface area contributed by atoms with Crippen LogP contribution in [0, 0.1) is 12.7 Å². The Morgan fingerprint density at radius 3 is 2.58 bits per heavy atom. The quantitative estimate of drug-likeness (QED) is 0.379. The molecule has 0 radical (unpaired) electrons. The van der Waals surface area contributed by atoms with Gasteiger partial charge in [-0.1, -0.05) is 18.5 Å². The SMILES string of the molecule is CCN1CCN(c2cc(Nc3cc(C)[nH]n3)nc(N[C@H]3CCN(S(=O)(=O)c4ccc(Cl)c(F)c4)C3)n2)CC1. The van der Waals surface area contributed by atoms with E-state index in [0.29, 0.717) is 30.5 Å². The molecule has 0 unspecified atom stereocenters. The number of aromatic amines is 1. The number of nitrogens with one attached hydrogen (secondary N) is 3. The van der Waals surface area contributed by atoms with Gasteiger partial charge in [0.2, 0.25) is 16.0 Å². The van der Waals surface area contributed by atoms with Crippen LogP contribution < -0.4 is 15.5 Å². The van der Waals surface area contributed by atoms with Crippen LogP contribution in [-0.4, -0.2) is 89.6 Å². The van der Waals surface area contributed by atoms with Gasteiger partial charge in [0, 0.05) is 63.1 Å². The molecular formula is C24H31ClFN9O2S. The van der Waals surface area contributed by atoms with Gasteiger partial charge >= 0.3 is 0 Å². The minimum absolute atomic E-state index is 0.118. The van der Waals surface area contributed by atoms with Crippen molar-refractivity contribution in [1.82, 2.24) is 29.4 Å². The second-order valence-electron chi connectivity index (χ2n) is 9.49. The van der Waals surface area contributed by atoms with Gasteiger partial charge in [0.25, 0.3) is 0 Å². The van der Waals surface area contributed by atoms with Crippen molar-refractivity contribution < 1.29 is 12.8 Å². The standard InChI is InChI=1S/C24H31ClFN9O2S/c1-3-33-8-10-34(11-9-33)23-14-21(28-22-12-16(2)31-32-22)29-24(30-23)27-17-6-7-35(15-17)38(36,37)18-4-5-19(25)20(26)13-18/h4-5,12-14,17H,3,6-11,15H2,1-2H3,(H3,27,28,29,30,31,32)/t17-/m0/s1. The van der Waals surface area contributed by atoms with Gasteiger partial charge in [0.05, 0.1) is 9.92 Å². The van der Waals surface area contributed by atoms with E-state index in [2.05, 4.69) is 42.5 Å². The van der Waals surface area contributed by atoms with Crippen molar-refractivity contribution in [3.8, 4) is 0 Å². The van der Waals surface area contributed by atoms with Crippen LogP contribution in [0.25, 0.3) is 0 Å². The Morgan fingerprint density at radius 1 is 1.11 bits per heavy atom. The zero-order valence-electron chi connectivity index (χ0n) is 21.3. The Kier molecular flexibility index (Phi) is 7.70. The molecule has 0 saturated carbocycles. The van der Waals surface area contributed by atoms with E-state index in [1.54, 1.807) is 0 Å². The highest BCUT2D eigenvalue weighted by molar-refractivity contribution is 7.89. The number of halogens is 2. The van der Waals surface area contributed by atoms with Crippen LogP contribution in [0.4, 0.5) is 27.8 Å². The predicted octanol–water partition coefficient (Wildman–Crippen LogP) is 3.06. The lowest BCUT2D eigenvalue weighted by molar-refractivity contribution is 0.270. The summed E-state index contributed by atoms with van der Waals surface area (Å²) in [4.78, 5) is 13.9. The van der Waals surface area contributed by atoms with E-state index in [1.807, 2.05) is 19.1 Å². The van der Waals surface area contributed by atoms with Crippen LogP contribution >= 0.6 is 11.6 Å². The molecule has 0 bridgehead atoms. The van der Waals surface area contributed by atoms with Gasteiger partial charge in [-0.25, -0.2) is 12.8 Å². The van der Waals surface area contributed by atoms with E-state index >= 15 is 0 Å². The van der Waals surface area contributed by atoms with E-state index in [0.717, 1.165) is 50.3 Å². The Labute approximate surface area is 226 Å². The first-order valence-electron chi connectivity index (χ1n) is 12.6. The fraction of sp³-hybridized carbons (Fsp3) is 0.458. The number of hydrogen-bond donors (Lipinski definition) is 3. The number of rotatable bonds is 8. The maximum absolute atomic E-state index is 13.9. The van der Waals surface area contributed by atoms with Crippen LogP contribution in [0.15, 0.2) is 35.2 Å². The van der Waals surface area contributed by atoms with E-state index < -0.39 is 15.8 Å². The van der Waals surface area contributed by atoms with Crippen molar-refractivity contribution in [2.75, 3.05) is 61.3 Å². The summed E-state index contributed by atoms with van der Waals surface area (Å²) in [6.07, 6.45) is 0.555. The van der Waals surface area contributed by atoms with Crippen molar-refractivity contribution in [1.29, 1.82) is 0 Å². The lowest BCUT2D eigenvalue weighted by Gasteiger charge is -2.35. The molecule has 0 spiro atoms. The average molecular weight is 564 g/mol. The molecule has 0 amide bonds. The molecule has 11 nitrogen and oxygen atoms in total. The third-order valence-corrected chi connectivity index (χ3v) is 9.00. The van der Waals surface area contributed by atoms with Crippen molar-refractivity contribution in [3.05, 3.63) is 46.9 Å². The number of likely N-dealkylation sites (N-methyl/N-ethyl adjacent to an activating group) is 1. The topological polar surface area (TPSA) is 122 Å². The molecule has 3 aromatic rings. The molecule has 1 aromatic carbocycles. The lowest BCUT2D eigenvalue weighted by Crippen LogP contribution is -2.46. The van der Waals surface area contributed by atoms with Gasteiger partial charge in [-0.15, -0.1) is 0 Å². The number of aryl methyl sites for hydroxylation is 1.